The van der Waals surface area contributed by atoms with Crippen LogP contribution in [0.5, 0.6) is 5.75 Å². The lowest BCUT2D eigenvalue weighted by Crippen LogP contribution is -2.24. The summed E-state index contributed by atoms with van der Waals surface area (Å²) in [7, 11) is 0. The predicted molar refractivity (Wildman–Crippen MR) is 110 cm³/mol. The van der Waals surface area contributed by atoms with Gasteiger partial charge in [0.05, 0.1) is 10.7 Å². The third kappa shape index (κ3) is 6.04. The minimum atomic E-state index is -0.345. The molecule has 5 nitrogen and oxygen atoms in total. The maximum atomic E-state index is 11.8. The van der Waals surface area contributed by atoms with E-state index in [-0.39, 0.29) is 12.5 Å². The Kier molecular flexibility index (Phi) is 7.94. The van der Waals surface area contributed by atoms with Crippen molar-refractivity contribution < 1.29 is 9.53 Å². The van der Waals surface area contributed by atoms with Gasteiger partial charge in [0, 0.05) is 23.8 Å². The summed E-state index contributed by atoms with van der Waals surface area (Å²) in [6.07, 6.45) is 1.60. The molecule has 1 N–H and O–H groups in total. The summed E-state index contributed by atoms with van der Waals surface area (Å²) in [5, 5.41) is 4.54. The SMILES string of the molecule is CCN(CC)c1ccc(/C=N\NC(=O)COc2ccc(Cl)cc2Br)cc1. The van der Waals surface area contributed by atoms with Gasteiger partial charge in [0.2, 0.25) is 0 Å². The highest BCUT2D eigenvalue weighted by Crippen LogP contribution is 2.27. The summed E-state index contributed by atoms with van der Waals surface area (Å²) in [4.78, 5) is 14.1. The Balaban J connectivity index is 1.83. The molecule has 1 amide bonds. The summed E-state index contributed by atoms with van der Waals surface area (Å²) < 4.78 is 6.12. The average molecular weight is 439 g/mol. The Hall–Kier alpha value is -2.05. The van der Waals surface area contributed by atoms with Crippen molar-refractivity contribution in [3.63, 3.8) is 0 Å². The molecule has 26 heavy (non-hydrogen) atoms. The number of hydrogen-bond donors (Lipinski definition) is 1. The van der Waals surface area contributed by atoms with Crippen molar-refractivity contribution in [2.45, 2.75) is 13.8 Å². The largest absolute Gasteiger partial charge is 0.483 e. The number of anilines is 1. The van der Waals surface area contributed by atoms with Gasteiger partial charge in [-0.2, -0.15) is 5.10 Å². The van der Waals surface area contributed by atoms with Crippen molar-refractivity contribution in [3.8, 4) is 5.75 Å². The van der Waals surface area contributed by atoms with Crippen LogP contribution >= 0.6 is 27.5 Å². The number of halogens is 2. The Morgan fingerprint density at radius 1 is 1.23 bits per heavy atom. The number of nitrogens with one attached hydrogen (secondary N) is 1. The zero-order chi connectivity index (χ0) is 18.9. The van der Waals surface area contributed by atoms with Crippen LogP contribution in [0.25, 0.3) is 0 Å². The quantitative estimate of drug-likeness (QED) is 0.488. The molecule has 0 radical (unpaired) electrons. The van der Waals surface area contributed by atoms with Gasteiger partial charge in [-0.05, 0) is 65.7 Å². The van der Waals surface area contributed by atoms with Crippen molar-refractivity contribution in [1.82, 2.24) is 5.43 Å². The average Bonchev–Trinajstić information content (AvgIpc) is 2.63. The number of amides is 1. The maximum absolute atomic E-state index is 11.8. The molecule has 0 aromatic heterocycles. The number of ether oxygens (including phenoxy) is 1. The van der Waals surface area contributed by atoms with Crippen LogP contribution in [-0.2, 0) is 4.79 Å². The molecule has 0 saturated heterocycles. The van der Waals surface area contributed by atoms with E-state index in [1.165, 1.54) is 0 Å². The molecule has 0 unspecified atom stereocenters. The molecule has 2 rings (SSSR count). The zero-order valence-corrected chi connectivity index (χ0v) is 17.0. The molecule has 0 heterocycles. The van der Waals surface area contributed by atoms with E-state index in [1.54, 1.807) is 24.4 Å². The fraction of sp³-hybridized carbons (Fsp3) is 0.263. The molecule has 0 aliphatic carbocycles. The topological polar surface area (TPSA) is 53.9 Å². The van der Waals surface area contributed by atoms with E-state index in [9.17, 15) is 4.79 Å². The summed E-state index contributed by atoms with van der Waals surface area (Å²) in [5.41, 5.74) is 4.52. The number of benzene rings is 2. The second kappa shape index (κ2) is 10.2. The van der Waals surface area contributed by atoms with E-state index < -0.39 is 0 Å². The molecule has 0 saturated carbocycles. The third-order valence-electron chi connectivity index (χ3n) is 3.68. The molecular weight excluding hydrogens is 418 g/mol. The highest BCUT2D eigenvalue weighted by Gasteiger charge is 2.05. The molecule has 0 fully saturated rings. The van der Waals surface area contributed by atoms with E-state index in [1.807, 2.05) is 24.3 Å². The van der Waals surface area contributed by atoms with Crippen LogP contribution in [-0.4, -0.2) is 31.8 Å². The number of carbonyl (C=O) groups is 1. The normalized spacial score (nSPS) is 10.8. The number of nitrogens with zero attached hydrogens (tertiary/aromatic N) is 2. The minimum Gasteiger partial charge on any atom is -0.483 e. The lowest BCUT2D eigenvalue weighted by atomic mass is 10.2. The first-order chi connectivity index (χ1) is 12.5. The zero-order valence-electron chi connectivity index (χ0n) is 14.7. The van der Waals surface area contributed by atoms with Gasteiger partial charge in [0.25, 0.3) is 5.91 Å². The highest BCUT2D eigenvalue weighted by molar-refractivity contribution is 9.10. The summed E-state index contributed by atoms with van der Waals surface area (Å²) in [6, 6.07) is 13.1. The van der Waals surface area contributed by atoms with Crippen molar-refractivity contribution in [1.29, 1.82) is 0 Å². The number of hydrogen-bond acceptors (Lipinski definition) is 4. The Bertz CT molecular complexity index is 762. The number of hydrazone groups is 1. The first-order valence-corrected chi connectivity index (χ1v) is 9.45. The Morgan fingerprint density at radius 2 is 1.92 bits per heavy atom. The van der Waals surface area contributed by atoms with E-state index in [0.29, 0.717) is 15.2 Å². The van der Waals surface area contributed by atoms with Crippen LogP contribution in [0.15, 0.2) is 52.0 Å². The second-order valence-corrected chi connectivity index (χ2v) is 6.71. The predicted octanol–water partition coefficient (Wildman–Crippen LogP) is 4.48. The van der Waals surface area contributed by atoms with Gasteiger partial charge in [-0.25, -0.2) is 5.43 Å². The number of carbonyl (C=O) groups excluding carboxylic acids is 1. The molecular formula is C19H21BrClN3O2. The molecule has 2 aromatic rings. The lowest BCUT2D eigenvalue weighted by Gasteiger charge is -2.20. The lowest BCUT2D eigenvalue weighted by molar-refractivity contribution is -0.123. The van der Waals surface area contributed by atoms with Crippen LogP contribution in [0.2, 0.25) is 5.02 Å². The smallest absolute Gasteiger partial charge is 0.277 e. The first kappa shape index (κ1) is 20.3. The van der Waals surface area contributed by atoms with E-state index in [2.05, 4.69) is 45.2 Å². The first-order valence-electron chi connectivity index (χ1n) is 8.28. The van der Waals surface area contributed by atoms with Crippen molar-refractivity contribution in [3.05, 3.63) is 57.5 Å². The van der Waals surface area contributed by atoms with Crippen LogP contribution < -0.4 is 15.1 Å². The molecule has 0 aliphatic rings. The van der Waals surface area contributed by atoms with Gasteiger partial charge >= 0.3 is 0 Å². The van der Waals surface area contributed by atoms with Gasteiger partial charge in [-0.3, -0.25) is 4.79 Å². The molecule has 0 atom stereocenters. The Labute approximate surface area is 167 Å². The van der Waals surface area contributed by atoms with Crippen LogP contribution in [0, 0.1) is 0 Å². The fourth-order valence-electron chi connectivity index (χ4n) is 2.31. The summed E-state index contributed by atoms with van der Waals surface area (Å²) in [5.74, 6) is 0.198. The molecule has 0 aliphatic heterocycles. The summed E-state index contributed by atoms with van der Waals surface area (Å²) >= 11 is 9.20. The standard InChI is InChI=1S/C19H21BrClN3O2/c1-3-24(4-2)16-8-5-14(6-9-16)12-22-23-19(25)13-26-18-10-7-15(21)11-17(18)20/h5-12H,3-4,13H2,1-2H3,(H,23,25)/b22-12-. The second-order valence-electron chi connectivity index (χ2n) is 5.42. The van der Waals surface area contributed by atoms with Crippen LogP contribution in [0.1, 0.15) is 19.4 Å². The summed E-state index contributed by atoms with van der Waals surface area (Å²) in [6.45, 7) is 6.03. The highest BCUT2D eigenvalue weighted by atomic mass is 79.9. The maximum Gasteiger partial charge on any atom is 0.277 e. The van der Waals surface area contributed by atoms with E-state index in [4.69, 9.17) is 16.3 Å². The van der Waals surface area contributed by atoms with Gasteiger partial charge in [-0.1, -0.05) is 23.7 Å². The molecule has 2 aromatic carbocycles. The fourth-order valence-corrected chi connectivity index (χ4v) is 3.10. The van der Waals surface area contributed by atoms with Crippen LogP contribution in [0.3, 0.4) is 0 Å². The van der Waals surface area contributed by atoms with Crippen LogP contribution in [0.4, 0.5) is 5.69 Å². The molecule has 0 bridgehead atoms. The third-order valence-corrected chi connectivity index (χ3v) is 4.53. The van der Waals surface area contributed by atoms with E-state index >= 15 is 0 Å². The van der Waals surface area contributed by atoms with Gasteiger partial charge < -0.3 is 9.64 Å². The monoisotopic (exact) mass is 437 g/mol. The molecule has 0 spiro atoms. The van der Waals surface area contributed by atoms with Crippen molar-refractivity contribution >= 4 is 45.3 Å². The van der Waals surface area contributed by atoms with Crippen molar-refractivity contribution in [2.24, 2.45) is 5.10 Å². The minimum absolute atomic E-state index is 0.140. The van der Waals surface area contributed by atoms with Gasteiger partial charge in [-0.15, -0.1) is 0 Å². The number of rotatable bonds is 8. The van der Waals surface area contributed by atoms with E-state index in [0.717, 1.165) is 24.3 Å². The van der Waals surface area contributed by atoms with Gasteiger partial charge in [0.15, 0.2) is 6.61 Å². The molecule has 7 heteroatoms. The van der Waals surface area contributed by atoms with Crippen molar-refractivity contribution in [2.75, 3.05) is 24.6 Å². The molecule has 138 valence electrons. The Morgan fingerprint density at radius 3 is 2.54 bits per heavy atom. The van der Waals surface area contributed by atoms with Gasteiger partial charge in [0.1, 0.15) is 5.75 Å².